The number of nitrogens with zero attached hydrogens (tertiary/aromatic N) is 1. The number of aromatic hydroxyl groups is 1. The molecule has 0 aromatic heterocycles. The Bertz CT molecular complexity index is 600. The minimum atomic E-state index is -3.33. The predicted molar refractivity (Wildman–Crippen MR) is 79.7 cm³/mol. The summed E-state index contributed by atoms with van der Waals surface area (Å²) in [5, 5.41) is 8.95. The molecule has 0 aliphatic carbocycles. The molecule has 110 valence electrons. The number of benzene rings is 1. The quantitative estimate of drug-likeness (QED) is 0.911. The molecular weight excluding hydrogens is 298 g/mol. The van der Waals surface area contributed by atoms with Crippen molar-refractivity contribution >= 4 is 27.5 Å². The Labute approximate surface area is 122 Å². The van der Waals surface area contributed by atoms with E-state index in [2.05, 4.69) is 0 Å². The summed E-state index contributed by atoms with van der Waals surface area (Å²) in [6.45, 7) is 1.96. The second-order valence-electron chi connectivity index (χ2n) is 4.50. The largest absolute Gasteiger partial charge is 0.507 e. The van der Waals surface area contributed by atoms with Crippen LogP contribution < -0.4 is 0 Å². The van der Waals surface area contributed by atoms with Gasteiger partial charge in [0.1, 0.15) is 11.1 Å². The first kappa shape index (κ1) is 15.2. The third-order valence-corrected chi connectivity index (χ3v) is 6.59. The molecule has 0 spiro atoms. The fourth-order valence-corrected chi connectivity index (χ4v) is 5.08. The number of amides is 1. The highest BCUT2D eigenvalue weighted by molar-refractivity contribution is 8.01. The van der Waals surface area contributed by atoms with E-state index in [1.807, 2.05) is 0 Å². The Balaban J connectivity index is 2.34. The van der Waals surface area contributed by atoms with Gasteiger partial charge in [-0.05, 0) is 12.1 Å². The first-order chi connectivity index (χ1) is 9.47. The SMILES string of the molecule is CCS(=O)(=O)C1CSCCN1C(=O)c1ccccc1O. The lowest BCUT2D eigenvalue weighted by Crippen LogP contribution is -2.50. The number of phenolic OH excluding ortho intramolecular Hbond substituents is 1. The minimum absolute atomic E-state index is 0.00276. The first-order valence-electron chi connectivity index (χ1n) is 6.35. The van der Waals surface area contributed by atoms with Crippen molar-refractivity contribution in [2.24, 2.45) is 0 Å². The zero-order valence-corrected chi connectivity index (χ0v) is 12.8. The monoisotopic (exact) mass is 315 g/mol. The molecule has 0 saturated carbocycles. The maximum absolute atomic E-state index is 12.5. The average Bonchev–Trinajstić information content (AvgIpc) is 2.47. The van der Waals surface area contributed by atoms with Crippen molar-refractivity contribution in [2.45, 2.75) is 12.3 Å². The van der Waals surface area contributed by atoms with Crippen LogP contribution in [0.1, 0.15) is 17.3 Å². The van der Waals surface area contributed by atoms with Crippen LogP contribution in [0.25, 0.3) is 0 Å². The number of para-hydroxylation sites is 1. The van der Waals surface area contributed by atoms with Gasteiger partial charge >= 0.3 is 0 Å². The molecule has 1 aromatic carbocycles. The van der Waals surface area contributed by atoms with E-state index in [4.69, 9.17) is 0 Å². The number of sulfone groups is 1. The van der Waals surface area contributed by atoms with Gasteiger partial charge in [0, 0.05) is 23.8 Å². The fourth-order valence-electron chi connectivity index (χ4n) is 2.11. The maximum atomic E-state index is 12.5. The highest BCUT2D eigenvalue weighted by Gasteiger charge is 2.36. The van der Waals surface area contributed by atoms with Crippen molar-refractivity contribution in [3.63, 3.8) is 0 Å². The molecule has 2 rings (SSSR count). The van der Waals surface area contributed by atoms with Crippen molar-refractivity contribution in [3.05, 3.63) is 29.8 Å². The predicted octanol–water partition coefficient (Wildman–Crippen LogP) is 1.34. The van der Waals surface area contributed by atoms with Gasteiger partial charge in [0.15, 0.2) is 9.84 Å². The van der Waals surface area contributed by atoms with E-state index >= 15 is 0 Å². The van der Waals surface area contributed by atoms with Crippen LogP contribution >= 0.6 is 11.8 Å². The van der Waals surface area contributed by atoms with Crippen molar-refractivity contribution in [2.75, 3.05) is 23.8 Å². The van der Waals surface area contributed by atoms with Gasteiger partial charge in [-0.15, -0.1) is 0 Å². The van der Waals surface area contributed by atoms with Gasteiger partial charge < -0.3 is 10.0 Å². The van der Waals surface area contributed by atoms with Crippen LogP contribution in [0.5, 0.6) is 5.75 Å². The first-order valence-corrected chi connectivity index (χ1v) is 9.22. The Morgan fingerprint density at radius 1 is 1.45 bits per heavy atom. The van der Waals surface area contributed by atoms with E-state index in [1.54, 1.807) is 19.1 Å². The second kappa shape index (κ2) is 6.05. The Hall–Kier alpha value is -1.21. The second-order valence-corrected chi connectivity index (χ2v) is 8.09. The summed E-state index contributed by atoms with van der Waals surface area (Å²) in [5.74, 6) is 0.543. The smallest absolute Gasteiger partial charge is 0.258 e. The molecule has 1 aromatic rings. The van der Waals surface area contributed by atoms with Crippen molar-refractivity contribution < 1.29 is 18.3 Å². The van der Waals surface area contributed by atoms with E-state index in [0.717, 1.165) is 0 Å². The van der Waals surface area contributed by atoms with E-state index < -0.39 is 21.1 Å². The maximum Gasteiger partial charge on any atom is 0.258 e. The minimum Gasteiger partial charge on any atom is -0.507 e. The summed E-state index contributed by atoms with van der Waals surface area (Å²) >= 11 is 1.53. The summed E-state index contributed by atoms with van der Waals surface area (Å²) < 4.78 is 24.2. The lowest BCUT2D eigenvalue weighted by molar-refractivity contribution is 0.0746. The normalized spacial score (nSPS) is 19.9. The van der Waals surface area contributed by atoms with E-state index in [0.29, 0.717) is 18.1 Å². The summed E-state index contributed by atoms with van der Waals surface area (Å²) in [5.41, 5.74) is 0.149. The van der Waals surface area contributed by atoms with Gasteiger partial charge in [0.05, 0.1) is 5.56 Å². The standard InChI is InChI=1S/C13H17NO4S2/c1-2-20(17,18)12-9-19-8-7-14(12)13(16)10-5-3-4-6-11(10)15/h3-6,12,15H,2,7-9H2,1H3. The van der Waals surface area contributed by atoms with Crippen LogP contribution in [-0.2, 0) is 9.84 Å². The summed E-state index contributed by atoms with van der Waals surface area (Å²) in [6.07, 6.45) is 0. The molecule has 1 aliphatic rings. The van der Waals surface area contributed by atoms with Gasteiger partial charge in [0.25, 0.3) is 5.91 Å². The lowest BCUT2D eigenvalue weighted by atomic mass is 10.1. The Morgan fingerprint density at radius 2 is 2.15 bits per heavy atom. The molecule has 1 aliphatic heterocycles. The van der Waals surface area contributed by atoms with Crippen LogP contribution in [0, 0.1) is 0 Å². The molecule has 1 N–H and O–H groups in total. The Kier molecular flexibility index (Phi) is 4.59. The van der Waals surface area contributed by atoms with Crippen LogP contribution in [0.3, 0.4) is 0 Å². The number of thioether (sulfide) groups is 1. The zero-order valence-electron chi connectivity index (χ0n) is 11.2. The summed E-state index contributed by atoms with van der Waals surface area (Å²) in [4.78, 5) is 13.9. The lowest BCUT2D eigenvalue weighted by Gasteiger charge is -2.34. The molecule has 0 radical (unpaired) electrons. The third kappa shape index (κ3) is 2.93. The van der Waals surface area contributed by atoms with E-state index in [-0.39, 0.29) is 17.1 Å². The molecule has 1 heterocycles. The average molecular weight is 315 g/mol. The molecular formula is C13H17NO4S2. The van der Waals surface area contributed by atoms with Gasteiger partial charge in [-0.1, -0.05) is 19.1 Å². The molecule has 0 bridgehead atoms. The van der Waals surface area contributed by atoms with E-state index in [9.17, 15) is 18.3 Å². The van der Waals surface area contributed by atoms with Gasteiger partial charge in [-0.25, -0.2) is 8.42 Å². The molecule has 1 saturated heterocycles. The number of carbonyl (C=O) groups is 1. The molecule has 1 unspecified atom stereocenters. The van der Waals surface area contributed by atoms with Crippen molar-refractivity contribution in [3.8, 4) is 5.75 Å². The molecule has 5 nitrogen and oxygen atoms in total. The van der Waals surface area contributed by atoms with Crippen LogP contribution in [-0.4, -0.2) is 53.5 Å². The topological polar surface area (TPSA) is 74.7 Å². The van der Waals surface area contributed by atoms with Crippen LogP contribution in [0.4, 0.5) is 0 Å². The molecule has 1 amide bonds. The number of carbonyl (C=O) groups excluding carboxylic acids is 1. The fraction of sp³-hybridized carbons (Fsp3) is 0.462. The molecule has 20 heavy (non-hydrogen) atoms. The van der Waals surface area contributed by atoms with Crippen LogP contribution in [0.2, 0.25) is 0 Å². The summed E-state index contributed by atoms with van der Waals surface area (Å²) in [7, 11) is -3.33. The molecule has 1 atom stereocenters. The van der Waals surface area contributed by atoms with E-state index in [1.165, 1.54) is 28.8 Å². The molecule has 7 heteroatoms. The van der Waals surface area contributed by atoms with Gasteiger partial charge in [-0.2, -0.15) is 11.8 Å². The van der Waals surface area contributed by atoms with Gasteiger partial charge in [-0.3, -0.25) is 4.79 Å². The zero-order chi connectivity index (χ0) is 14.8. The number of hydrogen-bond donors (Lipinski definition) is 1. The molecule has 1 fully saturated rings. The number of phenols is 1. The van der Waals surface area contributed by atoms with Crippen LogP contribution in [0.15, 0.2) is 24.3 Å². The highest BCUT2D eigenvalue weighted by atomic mass is 32.2. The summed E-state index contributed by atoms with van der Waals surface area (Å²) in [6, 6.07) is 6.21. The highest BCUT2D eigenvalue weighted by Crippen LogP contribution is 2.26. The number of hydrogen-bond acceptors (Lipinski definition) is 5. The van der Waals surface area contributed by atoms with Gasteiger partial charge in [0.2, 0.25) is 0 Å². The third-order valence-electron chi connectivity index (χ3n) is 3.30. The van der Waals surface area contributed by atoms with Crippen molar-refractivity contribution in [1.29, 1.82) is 0 Å². The van der Waals surface area contributed by atoms with Crippen molar-refractivity contribution in [1.82, 2.24) is 4.90 Å². The Morgan fingerprint density at radius 3 is 2.80 bits per heavy atom. The number of rotatable bonds is 3.